The number of aryl methyl sites for hydroxylation is 1. The van der Waals surface area contributed by atoms with Crippen LogP contribution in [0.5, 0.6) is 0 Å². The average Bonchev–Trinajstić information content (AvgIpc) is 2.44. The molecule has 0 saturated carbocycles. The van der Waals surface area contributed by atoms with Crippen LogP contribution in [0.3, 0.4) is 0 Å². The fraction of sp³-hybridized carbons (Fsp3) is 0.467. The molecule has 0 saturated heterocycles. The first kappa shape index (κ1) is 17.1. The Kier molecular flexibility index (Phi) is 6.78. The van der Waals surface area contributed by atoms with Gasteiger partial charge in [0.2, 0.25) is 5.91 Å². The Balaban J connectivity index is 2.55. The summed E-state index contributed by atoms with van der Waals surface area (Å²) in [4.78, 5) is 23.8. The molecule has 0 fully saturated rings. The highest BCUT2D eigenvalue weighted by Crippen LogP contribution is 2.09. The molecule has 0 aliphatic rings. The van der Waals surface area contributed by atoms with Crippen LogP contribution in [0.1, 0.15) is 35.7 Å². The zero-order valence-corrected chi connectivity index (χ0v) is 11.9. The zero-order valence-electron chi connectivity index (χ0n) is 11.9. The van der Waals surface area contributed by atoms with E-state index in [4.69, 9.17) is 5.11 Å². The standard InChI is InChI=1S/C15H19F2NO3/c1-2-9-18(10-13(16)17)14(19)8-5-11-3-6-12(7-4-11)15(20)21/h3-4,6-7,13H,2,5,8-10H2,1H3,(H,20,21). The van der Waals surface area contributed by atoms with Crippen LogP contribution in [0.4, 0.5) is 8.78 Å². The minimum Gasteiger partial charge on any atom is -0.478 e. The maximum atomic E-state index is 12.4. The molecule has 0 aromatic heterocycles. The van der Waals surface area contributed by atoms with Crippen LogP contribution in [0.2, 0.25) is 0 Å². The average molecular weight is 299 g/mol. The molecular weight excluding hydrogens is 280 g/mol. The predicted octanol–water partition coefficient (Wildman–Crippen LogP) is 2.82. The van der Waals surface area contributed by atoms with Gasteiger partial charge in [0.1, 0.15) is 0 Å². The van der Waals surface area contributed by atoms with Gasteiger partial charge in [0.05, 0.1) is 12.1 Å². The highest BCUT2D eigenvalue weighted by molar-refractivity contribution is 5.87. The number of hydrogen-bond acceptors (Lipinski definition) is 2. The van der Waals surface area contributed by atoms with Crippen molar-refractivity contribution in [2.24, 2.45) is 0 Å². The van der Waals surface area contributed by atoms with Crippen molar-refractivity contribution in [3.05, 3.63) is 35.4 Å². The Morgan fingerprint density at radius 2 is 1.86 bits per heavy atom. The number of carboxylic acid groups (broad SMARTS) is 1. The maximum absolute atomic E-state index is 12.4. The number of carbonyl (C=O) groups is 2. The Hall–Kier alpha value is -1.98. The van der Waals surface area contributed by atoms with Gasteiger partial charge in [0.15, 0.2) is 0 Å². The number of rotatable bonds is 8. The molecule has 0 radical (unpaired) electrons. The first-order chi connectivity index (χ1) is 9.93. The third kappa shape index (κ3) is 5.89. The number of alkyl halides is 2. The summed E-state index contributed by atoms with van der Waals surface area (Å²) in [5.41, 5.74) is 0.984. The topological polar surface area (TPSA) is 57.6 Å². The van der Waals surface area contributed by atoms with Gasteiger partial charge in [-0.3, -0.25) is 4.79 Å². The van der Waals surface area contributed by atoms with Crippen molar-refractivity contribution in [2.75, 3.05) is 13.1 Å². The molecule has 0 spiro atoms. The Labute approximate surface area is 122 Å². The molecule has 21 heavy (non-hydrogen) atoms. The van der Waals surface area contributed by atoms with E-state index in [9.17, 15) is 18.4 Å². The number of benzene rings is 1. The molecule has 0 unspecified atom stereocenters. The lowest BCUT2D eigenvalue weighted by molar-refractivity contribution is -0.133. The first-order valence-electron chi connectivity index (χ1n) is 6.82. The second-order valence-electron chi connectivity index (χ2n) is 4.73. The molecule has 6 heteroatoms. The summed E-state index contributed by atoms with van der Waals surface area (Å²) in [5, 5.41) is 8.78. The minimum atomic E-state index is -2.53. The quantitative estimate of drug-likeness (QED) is 0.803. The SMILES string of the molecule is CCCN(CC(F)F)C(=O)CCc1ccc(C(=O)O)cc1. The number of hydrogen-bond donors (Lipinski definition) is 1. The van der Waals surface area contributed by atoms with Crippen LogP contribution >= 0.6 is 0 Å². The minimum absolute atomic E-state index is 0.138. The third-order valence-electron chi connectivity index (χ3n) is 3.03. The van der Waals surface area contributed by atoms with E-state index >= 15 is 0 Å². The van der Waals surface area contributed by atoms with Crippen LogP contribution in [0.15, 0.2) is 24.3 Å². The Bertz CT molecular complexity index is 474. The van der Waals surface area contributed by atoms with Crippen molar-refractivity contribution in [2.45, 2.75) is 32.6 Å². The monoisotopic (exact) mass is 299 g/mol. The van der Waals surface area contributed by atoms with Gasteiger partial charge < -0.3 is 10.0 Å². The first-order valence-corrected chi connectivity index (χ1v) is 6.82. The molecule has 116 valence electrons. The van der Waals surface area contributed by atoms with Crippen molar-refractivity contribution in [1.29, 1.82) is 0 Å². The number of nitrogens with zero attached hydrogens (tertiary/aromatic N) is 1. The summed E-state index contributed by atoms with van der Waals surface area (Å²) >= 11 is 0. The fourth-order valence-electron chi connectivity index (χ4n) is 1.98. The number of aromatic carboxylic acids is 1. The van der Waals surface area contributed by atoms with Gasteiger partial charge >= 0.3 is 5.97 Å². The molecule has 0 heterocycles. The highest BCUT2D eigenvalue weighted by atomic mass is 19.3. The molecule has 0 bridgehead atoms. The van der Waals surface area contributed by atoms with Crippen LogP contribution in [-0.2, 0) is 11.2 Å². The molecule has 0 aliphatic heterocycles. The van der Waals surface area contributed by atoms with Crippen LogP contribution in [-0.4, -0.2) is 41.4 Å². The lowest BCUT2D eigenvalue weighted by Crippen LogP contribution is -2.35. The van der Waals surface area contributed by atoms with Gasteiger partial charge in [-0.15, -0.1) is 0 Å². The highest BCUT2D eigenvalue weighted by Gasteiger charge is 2.17. The van der Waals surface area contributed by atoms with Crippen molar-refractivity contribution in [3.63, 3.8) is 0 Å². The predicted molar refractivity (Wildman–Crippen MR) is 74.6 cm³/mol. The van der Waals surface area contributed by atoms with Gasteiger partial charge in [-0.2, -0.15) is 0 Å². The van der Waals surface area contributed by atoms with Crippen LogP contribution in [0.25, 0.3) is 0 Å². The Morgan fingerprint density at radius 3 is 2.33 bits per heavy atom. The zero-order chi connectivity index (χ0) is 15.8. The second-order valence-corrected chi connectivity index (χ2v) is 4.73. The molecule has 0 atom stereocenters. The molecular formula is C15H19F2NO3. The van der Waals surface area contributed by atoms with Gasteiger partial charge in [0.25, 0.3) is 6.43 Å². The fourth-order valence-corrected chi connectivity index (χ4v) is 1.98. The number of carboxylic acids is 1. The Morgan fingerprint density at radius 1 is 1.24 bits per heavy atom. The van der Waals surface area contributed by atoms with E-state index in [0.29, 0.717) is 19.4 Å². The maximum Gasteiger partial charge on any atom is 0.335 e. The summed E-state index contributed by atoms with van der Waals surface area (Å²) in [5.74, 6) is -1.32. The van der Waals surface area contributed by atoms with Crippen LogP contribution in [0, 0.1) is 0 Å². The molecule has 1 amide bonds. The van der Waals surface area contributed by atoms with E-state index in [1.165, 1.54) is 17.0 Å². The summed E-state index contributed by atoms with van der Waals surface area (Å²) in [6.45, 7) is 1.61. The number of halogens is 2. The largest absolute Gasteiger partial charge is 0.478 e. The van der Waals surface area contributed by atoms with E-state index in [1.807, 2.05) is 6.92 Å². The molecule has 1 rings (SSSR count). The molecule has 1 aromatic rings. The van der Waals surface area contributed by atoms with Crippen LogP contribution < -0.4 is 0 Å². The summed E-state index contributed by atoms with van der Waals surface area (Å²) < 4.78 is 24.8. The van der Waals surface area contributed by atoms with Crippen molar-refractivity contribution in [3.8, 4) is 0 Å². The van der Waals surface area contributed by atoms with Gasteiger partial charge in [0, 0.05) is 13.0 Å². The van der Waals surface area contributed by atoms with E-state index in [1.54, 1.807) is 12.1 Å². The summed E-state index contributed by atoms with van der Waals surface area (Å²) in [6.07, 6.45) is -1.36. The molecule has 1 N–H and O–H groups in total. The number of carbonyl (C=O) groups excluding carboxylic acids is 1. The molecule has 4 nitrogen and oxygen atoms in total. The lowest BCUT2D eigenvalue weighted by Gasteiger charge is -2.21. The summed E-state index contributed by atoms with van der Waals surface area (Å²) in [6, 6.07) is 6.19. The van der Waals surface area contributed by atoms with Gasteiger partial charge in [-0.05, 0) is 30.5 Å². The van der Waals surface area contributed by atoms with Crippen molar-refractivity contribution < 1.29 is 23.5 Å². The normalized spacial score (nSPS) is 10.7. The number of amides is 1. The van der Waals surface area contributed by atoms with E-state index in [-0.39, 0.29) is 17.9 Å². The lowest BCUT2D eigenvalue weighted by atomic mass is 10.1. The summed E-state index contributed by atoms with van der Waals surface area (Å²) in [7, 11) is 0. The smallest absolute Gasteiger partial charge is 0.335 e. The molecule has 1 aromatic carbocycles. The van der Waals surface area contributed by atoms with Gasteiger partial charge in [-0.1, -0.05) is 19.1 Å². The van der Waals surface area contributed by atoms with E-state index < -0.39 is 18.9 Å². The second kappa shape index (κ2) is 8.34. The van der Waals surface area contributed by atoms with E-state index in [2.05, 4.69) is 0 Å². The van der Waals surface area contributed by atoms with Crippen molar-refractivity contribution >= 4 is 11.9 Å². The van der Waals surface area contributed by atoms with E-state index in [0.717, 1.165) is 5.56 Å². The third-order valence-corrected chi connectivity index (χ3v) is 3.03. The van der Waals surface area contributed by atoms with Gasteiger partial charge in [-0.25, -0.2) is 13.6 Å². The molecule has 0 aliphatic carbocycles. The van der Waals surface area contributed by atoms with Crippen molar-refractivity contribution in [1.82, 2.24) is 4.90 Å².